The number of nitriles is 1. The molecule has 0 radical (unpaired) electrons. The average Bonchev–Trinajstić information content (AvgIpc) is 3.09. The van der Waals surface area contributed by atoms with Gasteiger partial charge in [-0.05, 0) is 50.1 Å². The van der Waals surface area contributed by atoms with Gasteiger partial charge in [0.25, 0.3) is 0 Å². The topological polar surface area (TPSA) is 39.1 Å². The number of nitrogens with zero attached hydrogens (tertiary/aromatic N) is 2. The largest absolute Gasteiger partial charge is 0.312 e. The van der Waals surface area contributed by atoms with Crippen molar-refractivity contribution < 1.29 is 0 Å². The van der Waals surface area contributed by atoms with Gasteiger partial charge in [0.05, 0.1) is 6.07 Å². The summed E-state index contributed by atoms with van der Waals surface area (Å²) in [7, 11) is 0. The average molecular weight is 219 g/mol. The van der Waals surface area contributed by atoms with Crippen molar-refractivity contribution in [3.8, 4) is 6.07 Å². The van der Waals surface area contributed by atoms with Gasteiger partial charge in [0.2, 0.25) is 0 Å². The fraction of sp³-hybridized carbons (Fsp3) is 0.923. The van der Waals surface area contributed by atoms with Gasteiger partial charge in [0.15, 0.2) is 0 Å². The molecule has 88 valence electrons. The first-order valence-corrected chi connectivity index (χ1v) is 6.64. The highest BCUT2D eigenvalue weighted by atomic mass is 15.2. The molecule has 1 saturated carbocycles. The summed E-state index contributed by atoms with van der Waals surface area (Å²) in [6.07, 6.45) is 6.02. The third-order valence-electron chi connectivity index (χ3n) is 4.81. The lowest BCUT2D eigenvalue weighted by atomic mass is 9.83. The first kappa shape index (κ1) is 10.6. The Hall–Kier alpha value is -0.590. The van der Waals surface area contributed by atoms with Crippen LogP contribution in [0.2, 0.25) is 0 Å². The number of piperidine rings is 3. The highest BCUT2D eigenvalue weighted by molar-refractivity contribution is 5.02. The van der Waals surface area contributed by atoms with E-state index in [2.05, 4.69) is 16.3 Å². The van der Waals surface area contributed by atoms with Crippen LogP contribution >= 0.6 is 0 Å². The van der Waals surface area contributed by atoms with Crippen LogP contribution in [0.5, 0.6) is 0 Å². The first-order valence-electron chi connectivity index (χ1n) is 6.64. The van der Waals surface area contributed by atoms with E-state index < -0.39 is 0 Å². The molecule has 3 heterocycles. The zero-order valence-electron chi connectivity index (χ0n) is 9.91. The lowest BCUT2D eigenvalue weighted by Crippen LogP contribution is -2.56. The van der Waals surface area contributed by atoms with Gasteiger partial charge in [-0.25, -0.2) is 0 Å². The Morgan fingerprint density at radius 3 is 2.56 bits per heavy atom. The first-order chi connectivity index (χ1) is 7.81. The molecule has 4 aliphatic rings. The Kier molecular flexibility index (Phi) is 2.65. The third kappa shape index (κ3) is 1.97. The van der Waals surface area contributed by atoms with Crippen LogP contribution in [0.25, 0.3) is 0 Å². The minimum absolute atomic E-state index is 0.362. The van der Waals surface area contributed by atoms with Gasteiger partial charge in [0, 0.05) is 25.6 Å². The molecule has 1 atom stereocenters. The standard InChI is InChI=1S/C13H21N3/c14-6-5-13(3-4-13)10-15-12-9-16-7-1-11(12)2-8-16/h11-12,15H,1-5,7-10H2. The van der Waals surface area contributed by atoms with Gasteiger partial charge < -0.3 is 10.2 Å². The van der Waals surface area contributed by atoms with E-state index in [0.29, 0.717) is 11.5 Å². The van der Waals surface area contributed by atoms with Crippen molar-refractivity contribution >= 4 is 0 Å². The molecule has 0 amide bonds. The molecule has 0 aromatic rings. The Labute approximate surface area is 97.8 Å². The second kappa shape index (κ2) is 4.01. The summed E-state index contributed by atoms with van der Waals surface area (Å²) in [5, 5.41) is 12.5. The van der Waals surface area contributed by atoms with Crippen molar-refractivity contribution in [2.45, 2.75) is 38.1 Å². The molecule has 1 unspecified atom stereocenters. The summed E-state index contributed by atoms with van der Waals surface area (Å²) in [6.45, 7) is 4.95. The van der Waals surface area contributed by atoms with E-state index in [4.69, 9.17) is 5.26 Å². The van der Waals surface area contributed by atoms with Crippen LogP contribution in [0.15, 0.2) is 0 Å². The molecular weight excluding hydrogens is 198 g/mol. The Morgan fingerprint density at radius 2 is 2.06 bits per heavy atom. The molecule has 0 aromatic carbocycles. The monoisotopic (exact) mass is 219 g/mol. The van der Waals surface area contributed by atoms with Crippen molar-refractivity contribution in [3.05, 3.63) is 0 Å². The van der Waals surface area contributed by atoms with Crippen LogP contribution in [-0.4, -0.2) is 37.1 Å². The van der Waals surface area contributed by atoms with Gasteiger partial charge in [-0.2, -0.15) is 5.26 Å². The zero-order valence-corrected chi connectivity index (χ0v) is 9.91. The van der Waals surface area contributed by atoms with Gasteiger partial charge >= 0.3 is 0 Å². The molecule has 4 fully saturated rings. The lowest BCUT2D eigenvalue weighted by molar-refractivity contribution is 0.0702. The molecule has 2 bridgehead atoms. The molecule has 3 saturated heterocycles. The third-order valence-corrected chi connectivity index (χ3v) is 4.81. The predicted molar refractivity (Wildman–Crippen MR) is 62.9 cm³/mol. The van der Waals surface area contributed by atoms with E-state index in [1.165, 1.54) is 45.3 Å². The molecule has 3 aliphatic heterocycles. The van der Waals surface area contributed by atoms with Gasteiger partial charge in [-0.1, -0.05) is 0 Å². The second-order valence-corrected chi connectivity index (χ2v) is 5.96. The van der Waals surface area contributed by atoms with Gasteiger partial charge in [-0.3, -0.25) is 0 Å². The van der Waals surface area contributed by atoms with Crippen LogP contribution in [0, 0.1) is 22.7 Å². The predicted octanol–water partition coefficient (Wildman–Crippen LogP) is 1.36. The number of rotatable bonds is 4. The summed E-state index contributed by atoms with van der Waals surface area (Å²) in [4.78, 5) is 2.58. The molecule has 0 spiro atoms. The van der Waals surface area contributed by atoms with Gasteiger partial charge in [0.1, 0.15) is 0 Å². The molecule has 4 rings (SSSR count). The zero-order chi connectivity index (χ0) is 11.0. The molecular formula is C13H21N3. The minimum atomic E-state index is 0.362. The number of hydrogen-bond donors (Lipinski definition) is 1. The fourth-order valence-corrected chi connectivity index (χ4v) is 3.30. The van der Waals surface area contributed by atoms with E-state index in [9.17, 15) is 0 Å². The normalized spacial score (nSPS) is 39.3. The van der Waals surface area contributed by atoms with Crippen molar-refractivity contribution in [3.63, 3.8) is 0 Å². The van der Waals surface area contributed by atoms with Crippen LogP contribution in [-0.2, 0) is 0 Å². The van der Waals surface area contributed by atoms with Crippen molar-refractivity contribution in [1.82, 2.24) is 10.2 Å². The van der Waals surface area contributed by atoms with E-state index in [1.807, 2.05) is 0 Å². The molecule has 1 aliphatic carbocycles. The van der Waals surface area contributed by atoms with E-state index >= 15 is 0 Å². The maximum Gasteiger partial charge on any atom is 0.0628 e. The number of hydrogen-bond acceptors (Lipinski definition) is 3. The van der Waals surface area contributed by atoms with Crippen LogP contribution < -0.4 is 5.32 Å². The van der Waals surface area contributed by atoms with Crippen LogP contribution in [0.3, 0.4) is 0 Å². The number of nitrogens with one attached hydrogen (secondary N) is 1. The molecule has 1 N–H and O–H groups in total. The second-order valence-electron chi connectivity index (χ2n) is 5.96. The minimum Gasteiger partial charge on any atom is -0.312 e. The highest BCUT2D eigenvalue weighted by Gasteiger charge is 2.43. The summed E-state index contributed by atoms with van der Waals surface area (Å²) < 4.78 is 0. The smallest absolute Gasteiger partial charge is 0.0628 e. The molecule has 0 aromatic heterocycles. The summed E-state index contributed by atoms with van der Waals surface area (Å²) >= 11 is 0. The Balaban J connectivity index is 1.51. The van der Waals surface area contributed by atoms with Gasteiger partial charge in [-0.15, -0.1) is 0 Å². The van der Waals surface area contributed by atoms with Crippen molar-refractivity contribution in [1.29, 1.82) is 5.26 Å². The number of fused-ring (bicyclic) bond motifs is 3. The van der Waals surface area contributed by atoms with Crippen LogP contribution in [0.1, 0.15) is 32.1 Å². The van der Waals surface area contributed by atoms with E-state index in [0.717, 1.165) is 18.9 Å². The van der Waals surface area contributed by atoms with Crippen molar-refractivity contribution in [2.75, 3.05) is 26.2 Å². The fourth-order valence-electron chi connectivity index (χ4n) is 3.30. The highest BCUT2D eigenvalue weighted by Crippen LogP contribution is 2.48. The van der Waals surface area contributed by atoms with E-state index in [-0.39, 0.29) is 0 Å². The lowest BCUT2D eigenvalue weighted by Gasteiger charge is -2.45. The molecule has 3 heteroatoms. The maximum absolute atomic E-state index is 8.80. The Morgan fingerprint density at radius 1 is 1.31 bits per heavy atom. The summed E-state index contributed by atoms with van der Waals surface area (Å²) in [5.74, 6) is 0.905. The summed E-state index contributed by atoms with van der Waals surface area (Å²) in [6, 6.07) is 3.05. The summed E-state index contributed by atoms with van der Waals surface area (Å²) in [5.41, 5.74) is 0.362. The maximum atomic E-state index is 8.80. The Bertz CT molecular complexity index is 295. The molecule has 16 heavy (non-hydrogen) atoms. The van der Waals surface area contributed by atoms with Crippen molar-refractivity contribution in [2.24, 2.45) is 11.3 Å². The van der Waals surface area contributed by atoms with E-state index in [1.54, 1.807) is 0 Å². The van der Waals surface area contributed by atoms with Crippen LogP contribution in [0.4, 0.5) is 0 Å². The SMILES string of the molecule is N#CCC1(CNC2CN3CCC2CC3)CC1. The molecule has 3 nitrogen and oxygen atoms in total. The quantitative estimate of drug-likeness (QED) is 0.776.